The van der Waals surface area contributed by atoms with E-state index in [4.69, 9.17) is 0 Å². The third-order valence-electron chi connectivity index (χ3n) is 4.57. The van der Waals surface area contributed by atoms with Crippen molar-refractivity contribution < 1.29 is 0 Å². The van der Waals surface area contributed by atoms with E-state index in [2.05, 4.69) is 32.3 Å². The zero-order chi connectivity index (χ0) is 13.9. The van der Waals surface area contributed by atoms with Gasteiger partial charge in [-0.2, -0.15) is 0 Å². The Kier molecular flexibility index (Phi) is 9.24. The van der Waals surface area contributed by atoms with Crippen LogP contribution in [0, 0.1) is 5.92 Å². The normalized spacial score (nSPS) is 17.1. The molecule has 0 saturated heterocycles. The van der Waals surface area contributed by atoms with Crippen LogP contribution in [-0.4, -0.2) is 13.1 Å². The lowest BCUT2D eigenvalue weighted by atomic mass is 9.89. The Hall–Kier alpha value is -0.300. The molecule has 0 spiro atoms. The fraction of sp³-hybridized carbons (Fsp3) is 0.889. The quantitative estimate of drug-likeness (QED) is 0.344. The second-order valence-corrected chi connectivity index (χ2v) is 6.44. The lowest BCUT2D eigenvalue weighted by Crippen LogP contribution is -2.22. The van der Waals surface area contributed by atoms with Gasteiger partial charge in [-0.3, -0.25) is 0 Å². The molecule has 1 rings (SSSR count). The van der Waals surface area contributed by atoms with E-state index in [1.807, 2.05) is 0 Å². The van der Waals surface area contributed by atoms with Crippen LogP contribution in [0.15, 0.2) is 11.6 Å². The first-order valence-corrected chi connectivity index (χ1v) is 8.61. The largest absolute Gasteiger partial charge is 0.317 e. The van der Waals surface area contributed by atoms with Crippen LogP contribution >= 0.6 is 0 Å². The summed E-state index contributed by atoms with van der Waals surface area (Å²) in [6, 6.07) is 0.685. The third-order valence-corrected chi connectivity index (χ3v) is 4.57. The highest BCUT2D eigenvalue weighted by Crippen LogP contribution is 2.28. The predicted octanol–water partition coefficient (Wildman–Crippen LogP) is 5.46. The number of hydrogen-bond donors (Lipinski definition) is 1. The summed E-state index contributed by atoms with van der Waals surface area (Å²) in [6.45, 7) is 4.61. The van der Waals surface area contributed by atoms with Gasteiger partial charge in [0.2, 0.25) is 0 Å². The van der Waals surface area contributed by atoms with Crippen LogP contribution in [0.25, 0.3) is 0 Å². The number of nitrogens with one attached hydrogen (secondary N) is 1. The maximum Gasteiger partial charge on any atom is 0.00358 e. The highest BCUT2D eigenvalue weighted by Gasteiger charge is 2.12. The molecule has 0 aromatic carbocycles. The SMILES string of the molecule is CCCCCCC(CCCC1=CC1)CCC(C)NC. The van der Waals surface area contributed by atoms with E-state index in [-0.39, 0.29) is 0 Å². The first kappa shape index (κ1) is 16.8. The summed E-state index contributed by atoms with van der Waals surface area (Å²) in [4.78, 5) is 0. The van der Waals surface area contributed by atoms with Crippen LogP contribution in [0.4, 0.5) is 0 Å². The van der Waals surface area contributed by atoms with Crippen molar-refractivity contribution in [2.75, 3.05) is 7.05 Å². The summed E-state index contributed by atoms with van der Waals surface area (Å²) in [7, 11) is 2.08. The van der Waals surface area contributed by atoms with E-state index in [1.165, 1.54) is 70.6 Å². The molecule has 1 aliphatic rings. The third kappa shape index (κ3) is 9.27. The van der Waals surface area contributed by atoms with Crippen LogP contribution in [-0.2, 0) is 0 Å². The highest BCUT2D eigenvalue weighted by atomic mass is 14.8. The summed E-state index contributed by atoms with van der Waals surface area (Å²) in [5.74, 6) is 0.979. The Morgan fingerprint density at radius 1 is 1.05 bits per heavy atom. The summed E-state index contributed by atoms with van der Waals surface area (Å²) >= 11 is 0. The van der Waals surface area contributed by atoms with Gasteiger partial charge in [0.1, 0.15) is 0 Å². The second kappa shape index (κ2) is 10.5. The number of unbranched alkanes of at least 4 members (excludes halogenated alkanes) is 3. The van der Waals surface area contributed by atoms with Gasteiger partial charge in [-0.25, -0.2) is 0 Å². The molecule has 19 heavy (non-hydrogen) atoms. The van der Waals surface area contributed by atoms with Gasteiger partial charge in [0.15, 0.2) is 0 Å². The Balaban J connectivity index is 2.13. The zero-order valence-corrected chi connectivity index (χ0v) is 13.5. The molecule has 0 saturated carbocycles. The molecular formula is C18H35N. The zero-order valence-electron chi connectivity index (χ0n) is 13.5. The Morgan fingerprint density at radius 3 is 2.42 bits per heavy atom. The summed E-state index contributed by atoms with van der Waals surface area (Å²) in [6.07, 6.45) is 17.9. The first-order valence-electron chi connectivity index (χ1n) is 8.61. The van der Waals surface area contributed by atoms with Gasteiger partial charge in [-0.1, -0.05) is 57.1 Å². The van der Waals surface area contributed by atoms with Crippen molar-refractivity contribution in [1.29, 1.82) is 0 Å². The average Bonchev–Trinajstić information content (AvgIpc) is 3.23. The number of allylic oxidation sites excluding steroid dienone is 2. The monoisotopic (exact) mass is 265 g/mol. The summed E-state index contributed by atoms with van der Waals surface area (Å²) in [5, 5.41) is 3.37. The lowest BCUT2D eigenvalue weighted by molar-refractivity contribution is 0.361. The molecule has 112 valence electrons. The lowest BCUT2D eigenvalue weighted by Gasteiger charge is -2.19. The average molecular weight is 265 g/mol. The van der Waals surface area contributed by atoms with Crippen molar-refractivity contribution in [3.05, 3.63) is 11.6 Å². The molecule has 0 heterocycles. The molecule has 0 fully saturated rings. The molecule has 2 unspecified atom stereocenters. The van der Waals surface area contributed by atoms with E-state index in [0.29, 0.717) is 6.04 Å². The second-order valence-electron chi connectivity index (χ2n) is 6.44. The molecule has 1 aliphatic carbocycles. The minimum atomic E-state index is 0.685. The van der Waals surface area contributed by atoms with E-state index >= 15 is 0 Å². The van der Waals surface area contributed by atoms with Gasteiger partial charge in [0, 0.05) is 6.04 Å². The van der Waals surface area contributed by atoms with Crippen LogP contribution in [0.2, 0.25) is 0 Å². The van der Waals surface area contributed by atoms with E-state index in [9.17, 15) is 0 Å². The molecule has 0 amide bonds. The van der Waals surface area contributed by atoms with Gasteiger partial charge in [0.25, 0.3) is 0 Å². The van der Waals surface area contributed by atoms with Gasteiger partial charge < -0.3 is 5.32 Å². The summed E-state index contributed by atoms with van der Waals surface area (Å²) < 4.78 is 0. The van der Waals surface area contributed by atoms with E-state index in [1.54, 1.807) is 5.57 Å². The van der Waals surface area contributed by atoms with Crippen molar-refractivity contribution in [2.45, 2.75) is 90.5 Å². The Morgan fingerprint density at radius 2 is 1.79 bits per heavy atom. The number of hydrogen-bond acceptors (Lipinski definition) is 1. The molecule has 2 atom stereocenters. The van der Waals surface area contributed by atoms with Crippen molar-refractivity contribution in [2.24, 2.45) is 5.92 Å². The molecule has 0 bridgehead atoms. The van der Waals surface area contributed by atoms with Crippen molar-refractivity contribution >= 4 is 0 Å². The van der Waals surface area contributed by atoms with Gasteiger partial charge in [0.05, 0.1) is 0 Å². The molecule has 1 heteroatoms. The van der Waals surface area contributed by atoms with E-state index < -0.39 is 0 Å². The Bertz CT molecular complexity index is 244. The first-order chi connectivity index (χ1) is 9.26. The molecule has 0 aromatic rings. The fourth-order valence-electron chi connectivity index (χ4n) is 2.82. The molecule has 0 aliphatic heterocycles. The topological polar surface area (TPSA) is 12.0 Å². The maximum absolute atomic E-state index is 3.37. The van der Waals surface area contributed by atoms with Crippen LogP contribution in [0.5, 0.6) is 0 Å². The van der Waals surface area contributed by atoms with Crippen LogP contribution in [0.1, 0.15) is 84.5 Å². The van der Waals surface area contributed by atoms with Crippen molar-refractivity contribution in [3.63, 3.8) is 0 Å². The summed E-state index contributed by atoms with van der Waals surface area (Å²) in [5.41, 5.74) is 1.72. The predicted molar refractivity (Wildman–Crippen MR) is 86.6 cm³/mol. The van der Waals surface area contributed by atoms with Crippen LogP contribution in [0.3, 0.4) is 0 Å². The smallest absolute Gasteiger partial charge is 0.00358 e. The molecule has 0 radical (unpaired) electrons. The molecule has 1 nitrogen and oxygen atoms in total. The molecular weight excluding hydrogens is 230 g/mol. The molecule has 0 aromatic heterocycles. The van der Waals surface area contributed by atoms with Gasteiger partial charge in [-0.05, 0) is 52.0 Å². The van der Waals surface area contributed by atoms with E-state index in [0.717, 1.165) is 5.92 Å². The number of rotatable bonds is 13. The molecule has 1 N–H and O–H groups in total. The van der Waals surface area contributed by atoms with Gasteiger partial charge in [-0.15, -0.1) is 0 Å². The Labute approximate surface area is 121 Å². The minimum absolute atomic E-state index is 0.685. The van der Waals surface area contributed by atoms with Gasteiger partial charge >= 0.3 is 0 Å². The highest BCUT2D eigenvalue weighted by molar-refractivity contribution is 5.21. The van der Waals surface area contributed by atoms with Crippen molar-refractivity contribution in [3.8, 4) is 0 Å². The minimum Gasteiger partial charge on any atom is -0.317 e. The standard InChI is InChI=1S/C18H35N/c1-4-5-6-7-9-17(13-12-16(2)19-3)10-8-11-18-14-15-18/h14,16-17,19H,4-13,15H2,1-3H3. The maximum atomic E-state index is 3.37. The fourth-order valence-corrected chi connectivity index (χ4v) is 2.82. The van der Waals surface area contributed by atoms with Crippen molar-refractivity contribution in [1.82, 2.24) is 5.32 Å². The van der Waals surface area contributed by atoms with Crippen LogP contribution < -0.4 is 5.32 Å².